The molecule has 0 aromatic heterocycles. The van der Waals surface area contributed by atoms with Crippen molar-refractivity contribution in [2.75, 3.05) is 26.9 Å². The Bertz CT molecular complexity index is 800. The molecule has 7 nitrogen and oxygen atoms in total. The van der Waals surface area contributed by atoms with Crippen LogP contribution in [0.25, 0.3) is 0 Å². The Kier molecular flexibility index (Phi) is 10.6. The Labute approximate surface area is 183 Å². The first kappa shape index (κ1) is 24.4. The van der Waals surface area contributed by atoms with Crippen molar-refractivity contribution < 1.29 is 24.5 Å². The summed E-state index contributed by atoms with van der Waals surface area (Å²) in [7, 11) is 1.62. The Balaban J connectivity index is 2.06. The predicted octanol–water partition coefficient (Wildman–Crippen LogP) is 3.16. The number of amides is 1. The van der Waals surface area contributed by atoms with Crippen LogP contribution in [0.2, 0.25) is 0 Å². The number of ether oxygens (including phenoxy) is 2. The summed E-state index contributed by atoms with van der Waals surface area (Å²) >= 11 is 0. The zero-order valence-electron chi connectivity index (χ0n) is 17.9. The van der Waals surface area contributed by atoms with Crippen molar-refractivity contribution in [1.29, 1.82) is 0 Å². The molecule has 0 aliphatic heterocycles. The molecule has 0 aliphatic rings. The van der Waals surface area contributed by atoms with Crippen LogP contribution in [0.1, 0.15) is 23.6 Å². The second-order valence-electron chi connectivity index (χ2n) is 7.20. The van der Waals surface area contributed by atoms with Gasteiger partial charge in [-0.15, -0.1) is 6.58 Å². The van der Waals surface area contributed by atoms with E-state index >= 15 is 0 Å². The Hall–Kier alpha value is -2.87. The van der Waals surface area contributed by atoms with Crippen LogP contribution in [-0.4, -0.2) is 55.3 Å². The lowest BCUT2D eigenvalue weighted by atomic mass is 9.99. The van der Waals surface area contributed by atoms with Gasteiger partial charge in [-0.3, -0.25) is 0 Å². The standard InChI is InChI=1S/C24H32N2O5/c1-3-13-31-14-12-21(19-10-7-11-20(16-19)30-2)25-17-23(27)22(26-24(28)29)15-18-8-5-4-6-9-18/h3-11,16,21-23,25-27H,1,12-15,17H2,2H3,(H,28,29)/t21?,22?,23-/m1/s1. The number of nitrogens with one attached hydrogen (secondary N) is 2. The maximum Gasteiger partial charge on any atom is 0.404 e. The van der Waals surface area contributed by atoms with Crippen LogP contribution in [0.4, 0.5) is 4.79 Å². The fourth-order valence-electron chi connectivity index (χ4n) is 3.33. The average Bonchev–Trinajstić information content (AvgIpc) is 2.78. The molecule has 0 bridgehead atoms. The first-order chi connectivity index (χ1) is 15.0. The molecule has 0 radical (unpaired) electrons. The summed E-state index contributed by atoms with van der Waals surface area (Å²) in [5.74, 6) is 0.742. The van der Waals surface area contributed by atoms with Crippen LogP contribution < -0.4 is 15.4 Å². The van der Waals surface area contributed by atoms with Crippen LogP contribution in [0.5, 0.6) is 5.75 Å². The number of aliphatic hydroxyl groups is 1. The molecule has 0 fully saturated rings. The van der Waals surface area contributed by atoms with Crippen LogP contribution >= 0.6 is 0 Å². The van der Waals surface area contributed by atoms with E-state index < -0.39 is 18.2 Å². The monoisotopic (exact) mass is 428 g/mol. The first-order valence-corrected chi connectivity index (χ1v) is 10.3. The van der Waals surface area contributed by atoms with Crippen LogP contribution in [-0.2, 0) is 11.2 Å². The zero-order chi connectivity index (χ0) is 22.5. The van der Waals surface area contributed by atoms with Gasteiger partial charge in [-0.05, 0) is 36.1 Å². The molecule has 168 valence electrons. The third-order valence-electron chi connectivity index (χ3n) is 4.93. The lowest BCUT2D eigenvalue weighted by Crippen LogP contribution is -2.48. The highest BCUT2D eigenvalue weighted by Gasteiger charge is 2.23. The molecule has 2 rings (SSSR count). The highest BCUT2D eigenvalue weighted by Crippen LogP contribution is 2.22. The van der Waals surface area contributed by atoms with Gasteiger partial charge >= 0.3 is 6.09 Å². The molecular weight excluding hydrogens is 396 g/mol. The van der Waals surface area contributed by atoms with Gasteiger partial charge in [-0.1, -0.05) is 48.5 Å². The van der Waals surface area contributed by atoms with Crippen LogP contribution in [0.15, 0.2) is 67.3 Å². The summed E-state index contributed by atoms with van der Waals surface area (Å²) < 4.78 is 10.9. The van der Waals surface area contributed by atoms with Crippen molar-refractivity contribution in [3.63, 3.8) is 0 Å². The lowest BCUT2D eigenvalue weighted by Gasteiger charge is -2.26. The summed E-state index contributed by atoms with van der Waals surface area (Å²) in [6.07, 6.45) is 0.676. The van der Waals surface area contributed by atoms with E-state index in [1.807, 2.05) is 54.6 Å². The summed E-state index contributed by atoms with van der Waals surface area (Å²) in [6.45, 7) is 4.84. The van der Waals surface area contributed by atoms with E-state index in [4.69, 9.17) is 9.47 Å². The van der Waals surface area contributed by atoms with Gasteiger partial charge in [0.05, 0.1) is 25.9 Å². The van der Waals surface area contributed by atoms with E-state index in [1.165, 1.54) is 0 Å². The van der Waals surface area contributed by atoms with Crippen molar-refractivity contribution in [1.82, 2.24) is 10.6 Å². The van der Waals surface area contributed by atoms with Crippen molar-refractivity contribution in [2.24, 2.45) is 0 Å². The average molecular weight is 429 g/mol. The van der Waals surface area contributed by atoms with Crippen molar-refractivity contribution in [3.8, 4) is 5.75 Å². The zero-order valence-corrected chi connectivity index (χ0v) is 17.9. The minimum atomic E-state index is -1.16. The van der Waals surface area contributed by atoms with Gasteiger partial charge in [-0.25, -0.2) is 4.79 Å². The molecule has 4 N–H and O–H groups in total. The molecule has 31 heavy (non-hydrogen) atoms. The Morgan fingerprint density at radius 2 is 1.97 bits per heavy atom. The third kappa shape index (κ3) is 8.80. The molecule has 0 heterocycles. The quantitative estimate of drug-likeness (QED) is 0.272. The minimum Gasteiger partial charge on any atom is -0.497 e. The Morgan fingerprint density at radius 1 is 1.19 bits per heavy atom. The molecule has 0 aliphatic carbocycles. The highest BCUT2D eigenvalue weighted by molar-refractivity contribution is 5.65. The first-order valence-electron chi connectivity index (χ1n) is 10.3. The van der Waals surface area contributed by atoms with E-state index in [0.717, 1.165) is 16.9 Å². The molecule has 2 unspecified atom stereocenters. The molecule has 1 amide bonds. The summed E-state index contributed by atoms with van der Waals surface area (Å²) in [5, 5.41) is 25.8. The molecular formula is C24H32N2O5. The molecule has 2 aromatic carbocycles. The smallest absolute Gasteiger partial charge is 0.404 e. The van der Waals surface area contributed by atoms with Gasteiger partial charge in [-0.2, -0.15) is 0 Å². The van der Waals surface area contributed by atoms with E-state index in [0.29, 0.717) is 26.1 Å². The third-order valence-corrected chi connectivity index (χ3v) is 4.93. The normalized spacial score (nSPS) is 13.7. The van der Waals surface area contributed by atoms with Crippen LogP contribution in [0.3, 0.4) is 0 Å². The fraction of sp³-hybridized carbons (Fsp3) is 0.375. The molecule has 0 saturated carbocycles. The fourth-order valence-corrected chi connectivity index (χ4v) is 3.33. The number of carbonyl (C=O) groups is 1. The Morgan fingerprint density at radius 3 is 2.65 bits per heavy atom. The van der Waals surface area contributed by atoms with Gasteiger partial charge in [0, 0.05) is 19.2 Å². The van der Waals surface area contributed by atoms with Crippen molar-refractivity contribution in [2.45, 2.75) is 31.0 Å². The molecule has 0 saturated heterocycles. The number of hydrogen-bond donors (Lipinski definition) is 4. The van der Waals surface area contributed by atoms with E-state index in [9.17, 15) is 15.0 Å². The summed E-state index contributed by atoms with van der Waals surface area (Å²) in [6, 6.07) is 16.5. The molecule has 0 spiro atoms. The topological polar surface area (TPSA) is 100 Å². The second-order valence-corrected chi connectivity index (χ2v) is 7.20. The minimum absolute atomic E-state index is 0.100. The second kappa shape index (κ2) is 13.4. The maximum absolute atomic E-state index is 11.3. The van der Waals surface area contributed by atoms with E-state index in [-0.39, 0.29) is 12.6 Å². The SMILES string of the molecule is C=CCOCCC(NC[C@@H](O)C(Cc1ccccc1)NC(=O)O)c1cccc(OC)c1. The maximum atomic E-state index is 11.3. The number of aliphatic hydroxyl groups excluding tert-OH is 1. The van der Waals surface area contributed by atoms with Gasteiger partial charge in [0.25, 0.3) is 0 Å². The summed E-state index contributed by atoms with van der Waals surface area (Å²) in [4.78, 5) is 11.3. The van der Waals surface area contributed by atoms with Gasteiger partial charge in [0.2, 0.25) is 0 Å². The van der Waals surface area contributed by atoms with Gasteiger partial charge < -0.3 is 30.3 Å². The highest BCUT2D eigenvalue weighted by atomic mass is 16.5. The number of benzene rings is 2. The van der Waals surface area contributed by atoms with Crippen LogP contribution in [0, 0.1) is 0 Å². The largest absolute Gasteiger partial charge is 0.497 e. The van der Waals surface area contributed by atoms with Crippen molar-refractivity contribution >= 4 is 6.09 Å². The lowest BCUT2D eigenvalue weighted by molar-refractivity contribution is 0.110. The van der Waals surface area contributed by atoms with Crippen molar-refractivity contribution in [3.05, 3.63) is 78.4 Å². The molecule has 3 atom stereocenters. The molecule has 2 aromatic rings. The number of rotatable bonds is 14. The molecule has 7 heteroatoms. The van der Waals surface area contributed by atoms with Gasteiger partial charge in [0.1, 0.15) is 5.75 Å². The summed E-state index contributed by atoms with van der Waals surface area (Å²) in [5.41, 5.74) is 1.95. The van der Waals surface area contributed by atoms with Gasteiger partial charge in [0.15, 0.2) is 0 Å². The number of hydrogen-bond acceptors (Lipinski definition) is 5. The number of carboxylic acid groups (broad SMARTS) is 1. The predicted molar refractivity (Wildman–Crippen MR) is 120 cm³/mol. The number of methoxy groups -OCH3 is 1. The van der Waals surface area contributed by atoms with E-state index in [1.54, 1.807) is 13.2 Å². The van der Waals surface area contributed by atoms with E-state index in [2.05, 4.69) is 17.2 Å².